The summed E-state index contributed by atoms with van der Waals surface area (Å²) in [5.41, 5.74) is 3.53. The molecule has 1 aromatic carbocycles. The molecule has 0 amide bonds. The smallest absolute Gasteiger partial charge is 0.0542 e. The number of nitrogens with one attached hydrogen (secondary N) is 1. The number of rotatable bonds is 5. The molecule has 2 aromatic rings. The van der Waals surface area contributed by atoms with E-state index in [0.29, 0.717) is 0 Å². The van der Waals surface area contributed by atoms with Crippen molar-refractivity contribution < 1.29 is 0 Å². The van der Waals surface area contributed by atoms with Crippen LogP contribution < -0.4 is 10.2 Å². The van der Waals surface area contributed by atoms with E-state index in [1.54, 1.807) is 0 Å². The first-order valence-electron chi connectivity index (χ1n) is 6.66. The molecule has 0 spiro atoms. The van der Waals surface area contributed by atoms with Gasteiger partial charge in [0.05, 0.1) is 12.2 Å². The largest absolute Gasteiger partial charge is 0.378 e. The van der Waals surface area contributed by atoms with E-state index in [2.05, 4.69) is 59.6 Å². The lowest BCUT2D eigenvalue weighted by Crippen LogP contribution is -2.10. The van der Waals surface area contributed by atoms with Gasteiger partial charge in [0.1, 0.15) is 0 Å². The Hall–Kier alpha value is -1.97. The second-order valence-electron chi connectivity index (χ2n) is 4.94. The number of hydrogen-bond acceptors (Lipinski definition) is 3. The zero-order valence-corrected chi connectivity index (χ0v) is 12.1. The van der Waals surface area contributed by atoms with E-state index in [1.807, 2.05) is 25.0 Å². The first-order chi connectivity index (χ1) is 9.10. The summed E-state index contributed by atoms with van der Waals surface area (Å²) < 4.78 is 1.95. The van der Waals surface area contributed by atoms with Gasteiger partial charge in [-0.25, -0.2) is 0 Å². The second kappa shape index (κ2) is 5.78. The second-order valence-corrected chi connectivity index (χ2v) is 4.94. The van der Waals surface area contributed by atoms with E-state index >= 15 is 0 Å². The average molecular weight is 258 g/mol. The van der Waals surface area contributed by atoms with Gasteiger partial charge in [-0.2, -0.15) is 5.10 Å². The number of anilines is 2. The molecule has 0 fully saturated rings. The lowest BCUT2D eigenvalue weighted by Gasteiger charge is -2.17. The number of hydrogen-bond donors (Lipinski definition) is 1. The summed E-state index contributed by atoms with van der Waals surface area (Å²) >= 11 is 0. The highest BCUT2D eigenvalue weighted by atomic mass is 15.3. The molecule has 0 saturated carbocycles. The predicted octanol–water partition coefficient (Wildman–Crippen LogP) is 3.14. The lowest BCUT2D eigenvalue weighted by molar-refractivity contribution is 0.658. The third kappa shape index (κ3) is 3.28. The number of aromatic nitrogens is 2. The molecular formula is C15H22N4. The van der Waals surface area contributed by atoms with Crippen LogP contribution in [0.1, 0.15) is 25.5 Å². The quantitative estimate of drug-likeness (QED) is 0.894. The molecule has 0 aliphatic rings. The summed E-state index contributed by atoms with van der Waals surface area (Å²) in [5.74, 6) is 0. The van der Waals surface area contributed by atoms with Crippen LogP contribution in [-0.4, -0.2) is 23.9 Å². The molecule has 1 unspecified atom stereocenters. The van der Waals surface area contributed by atoms with Crippen LogP contribution in [0.15, 0.2) is 36.7 Å². The lowest BCUT2D eigenvalue weighted by atomic mass is 10.1. The third-order valence-electron chi connectivity index (χ3n) is 3.22. The summed E-state index contributed by atoms with van der Waals surface area (Å²) in [6.07, 6.45) is 4.02. The Morgan fingerprint density at radius 1 is 1.37 bits per heavy atom. The van der Waals surface area contributed by atoms with Crippen molar-refractivity contribution in [2.24, 2.45) is 0 Å². The zero-order chi connectivity index (χ0) is 13.8. The minimum absolute atomic E-state index is 0.248. The van der Waals surface area contributed by atoms with Gasteiger partial charge >= 0.3 is 0 Å². The monoisotopic (exact) mass is 258 g/mol. The molecule has 0 aliphatic heterocycles. The molecule has 102 valence electrons. The molecule has 1 N–H and O–H groups in total. The Labute approximate surface area is 115 Å². The SMILES string of the molecule is CCn1cc(C(C)Nc2cccc(N(C)C)c2)cn1. The fraction of sp³-hybridized carbons (Fsp3) is 0.400. The number of aryl methyl sites for hydroxylation is 1. The van der Waals surface area contributed by atoms with E-state index in [1.165, 1.54) is 11.3 Å². The van der Waals surface area contributed by atoms with E-state index in [0.717, 1.165) is 12.2 Å². The predicted molar refractivity (Wildman–Crippen MR) is 80.7 cm³/mol. The van der Waals surface area contributed by atoms with Crippen molar-refractivity contribution in [1.29, 1.82) is 0 Å². The minimum atomic E-state index is 0.248. The summed E-state index contributed by atoms with van der Waals surface area (Å²) in [5, 5.41) is 7.82. The Morgan fingerprint density at radius 3 is 2.79 bits per heavy atom. The molecule has 19 heavy (non-hydrogen) atoms. The normalized spacial score (nSPS) is 12.2. The van der Waals surface area contributed by atoms with Crippen molar-refractivity contribution >= 4 is 11.4 Å². The van der Waals surface area contributed by atoms with Gasteiger partial charge in [-0.1, -0.05) is 6.07 Å². The van der Waals surface area contributed by atoms with Gasteiger partial charge in [0, 0.05) is 43.8 Å². The maximum Gasteiger partial charge on any atom is 0.0542 e. The average Bonchev–Trinajstić information content (AvgIpc) is 2.88. The van der Waals surface area contributed by atoms with Crippen molar-refractivity contribution in [1.82, 2.24) is 9.78 Å². The van der Waals surface area contributed by atoms with Crippen molar-refractivity contribution in [2.45, 2.75) is 26.4 Å². The van der Waals surface area contributed by atoms with Gasteiger partial charge in [0.15, 0.2) is 0 Å². The Bertz CT molecular complexity index is 530. The van der Waals surface area contributed by atoms with Crippen molar-refractivity contribution in [3.05, 3.63) is 42.2 Å². The fourth-order valence-corrected chi connectivity index (χ4v) is 1.98. The number of benzene rings is 1. The van der Waals surface area contributed by atoms with Crippen molar-refractivity contribution in [3.63, 3.8) is 0 Å². The maximum absolute atomic E-state index is 4.31. The van der Waals surface area contributed by atoms with Crippen LogP contribution in [0.2, 0.25) is 0 Å². The Balaban J connectivity index is 2.09. The van der Waals surface area contributed by atoms with E-state index in [4.69, 9.17) is 0 Å². The van der Waals surface area contributed by atoms with E-state index < -0.39 is 0 Å². The molecule has 0 saturated heterocycles. The van der Waals surface area contributed by atoms with Crippen LogP contribution in [-0.2, 0) is 6.54 Å². The summed E-state index contributed by atoms with van der Waals surface area (Å²) in [6.45, 7) is 5.15. The van der Waals surface area contributed by atoms with Gasteiger partial charge in [0.2, 0.25) is 0 Å². The first kappa shape index (κ1) is 13.5. The van der Waals surface area contributed by atoms with Crippen LogP contribution in [0.25, 0.3) is 0 Å². The Morgan fingerprint density at radius 2 is 2.16 bits per heavy atom. The molecule has 1 heterocycles. The molecule has 1 atom stereocenters. The number of nitrogens with zero attached hydrogens (tertiary/aromatic N) is 3. The van der Waals surface area contributed by atoms with Crippen molar-refractivity contribution in [2.75, 3.05) is 24.3 Å². The van der Waals surface area contributed by atoms with Gasteiger partial charge in [-0.3, -0.25) is 4.68 Å². The third-order valence-corrected chi connectivity index (χ3v) is 3.22. The van der Waals surface area contributed by atoms with Gasteiger partial charge < -0.3 is 10.2 Å². The summed E-state index contributed by atoms with van der Waals surface area (Å²) in [6, 6.07) is 8.66. The van der Waals surface area contributed by atoms with Crippen LogP contribution in [0.3, 0.4) is 0 Å². The van der Waals surface area contributed by atoms with Gasteiger partial charge in [0.25, 0.3) is 0 Å². The topological polar surface area (TPSA) is 33.1 Å². The van der Waals surface area contributed by atoms with Crippen LogP contribution in [0.4, 0.5) is 11.4 Å². The van der Waals surface area contributed by atoms with E-state index in [-0.39, 0.29) is 6.04 Å². The van der Waals surface area contributed by atoms with Crippen molar-refractivity contribution in [3.8, 4) is 0 Å². The zero-order valence-electron chi connectivity index (χ0n) is 12.1. The van der Waals surface area contributed by atoms with Gasteiger partial charge in [-0.05, 0) is 32.0 Å². The molecule has 0 radical (unpaired) electrons. The first-order valence-corrected chi connectivity index (χ1v) is 6.66. The fourth-order valence-electron chi connectivity index (χ4n) is 1.98. The van der Waals surface area contributed by atoms with Crippen LogP contribution in [0, 0.1) is 0 Å². The molecule has 4 heteroatoms. The molecular weight excluding hydrogens is 236 g/mol. The molecule has 4 nitrogen and oxygen atoms in total. The standard InChI is InChI=1S/C15H22N4/c1-5-19-11-13(10-16-19)12(2)17-14-7-6-8-15(9-14)18(3)4/h6-12,17H,5H2,1-4H3. The summed E-state index contributed by atoms with van der Waals surface area (Å²) in [4.78, 5) is 2.10. The summed E-state index contributed by atoms with van der Waals surface area (Å²) in [7, 11) is 4.10. The molecule has 0 aliphatic carbocycles. The molecule has 1 aromatic heterocycles. The van der Waals surface area contributed by atoms with Gasteiger partial charge in [-0.15, -0.1) is 0 Å². The highest BCUT2D eigenvalue weighted by Gasteiger charge is 2.08. The molecule has 2 rings (SSSR count). The van der Waals surface area contributed by atoms with Crippen LogP contribution in [0.5, 0.6) is 0 Å². The van der Waals surface area contributed by atoms with E-state index in [9.17, 15) is 0 Å². The minimum Gasteiger partial charge on any atom is -0.378 e. The highest BCUT2D eigenvalue weighted by molar-refractivity contribution is 5.58. The van der Waals surface area contributed by atoms with Crippen LogP contribution >= 0.6 is 0 Å². The Kier molecular flexibility index (Phi) is 4.10. The maximum atomic E-state index is 4.31. The molecule has 0 bridgehead atoms. The highest BCUT2D eigenvalue weighted by Crippen LogP contribution is 2.22.